The van der Waals surface area contributed by atoms with Crippen LogP contribution in [0.5, 0.6) is 0 Å². The summed E-state index contributed by atoms with van der Waals surface area (Å²) in [6.45, 7) is 0. The van der Waals surface area contributed by atoms with Crippen molar-refractivity contribution in [1.82, 2.24) is 0 Å². The first-order valence-corrected chi connectivity index (χ1v) is 20.4. The minimum absolute atomic E-state index is 1.10. The molecule has 0 saturated heterocycles. The Kier molecular flexibility index (Phi) is 7.46. The Bertz CT molecular complexity index is 3510. The van der Waals surface area contributed by atoms with Gasteiger partial charge >= 0.3 is 0 Å². The van der Waals surface area contributed by atoms with Crippen molar-refractivity contribution < 1.29 is 0 Å². The van der Waals surface area contributed by atoms with Gasteiger partial charge in [0, 0.05) is 0 Å². The van der Waals surface area contributed by atoms with Crippen LogP contribution in [0.2, 0.25) is 0 Å². The molecule has 0 bridgehead atoms. The van der Waals surface area contributed by atoms with Crippen molar-refractivity contribution in [3.8, 4) is 44.5 Å². The van der Waals surface area contributed by atoms with E-state index in [9.17, 15) is 0 Å². The third kappa shape index (κ3) is 5.45. The van der Waals surface area contributed by atoms with Crippen molar-refractivity contribution in [1.29, 1.82) is 0 Å². The molecule has 0 atom stereocenters. The fraction of sp³-hybridized carbons (Fsp3) is 0.0345. The summed E-state index contributed by atoms with van der Waals surface area (Å²) < 4.78 is 0. The Morgan fingerprint density at radius 3 is 1.38 bits per heavy atom. The Morgan fingerprint density at radius 2 is 0.707 bits per heavy atom. The lowest BCUT2D eigenvalue weighted by Crippen LogP contribution is -1.95. The van der Waals surface area contributed by atoms with Crippen LogP contribution in [0.1, 0.15) is 17.5 Å². The van der Waals surface area contributed by atoms with Gasteiger partial charge in [-0.2, -0.15) is 0 Å². The maximum atomic E-state index is 2.46. The smallest absolute Gasteiger partial charge is 0.00921 e. The van der Waals surface area contributed by atoms with E-state index >= 15 is 0 Å². The van der Waals surface area contributed by atoms with E-state index in [0.29, 0.717) is 0 Å². The van der Waals surface area contributed by atoms with Gasteiger partial charge < -0.3 is 0 Å². The molecule has 11 aromatic carbocycles. The molecule has 0 N–H and O–H groups in total. The minimum Gasteiger partial charge on any atom is -0.0836 e. The average Bonchev–Trinajstić information content (AvgIpc) is 3.30. The highest BCUT2D eigenvalue weighted by Crippen LogP contribution is 2.44. The summed E-state index contributed by atoms with van der Waals surface area (Å²) in [5.41, 5.74) is 12.7. The zero-order valence-electron chi connectivity index (χ0n) is 32.0. The number of allylic oxidation sites excluding steroid dienone is 1. The van der Waals surface area contributed by atoms with Crippen LogP contribution in [0.4, 0.5) is 0 Å². The zero-order chi connectivity index (χ0) is 38.2. The van der Waals surface area contributed by atoms with Crippen molar-refractivity contribution >= 4 is 70.7 Å². The summed E-state index contributed by atoms with van der Waals surface area (Å²) in [5.74, 6) is 0. The molecule has 12 rings (SSSR count). The fourth-order valence-corrected chi connectivity index (χ4v) is 9.58. The molecule has 0 aliphatic heterocycles. The molecule has 0 nitrogen and oxygen atoms in total. The molecule has 0 radical (unpaired) electrons. The second-order valence-corrected chi connectivity index (χ2v) is 16.0. The van der Waals surface area contributed by atoms with Gasteiger partial charge in [-0.05, 0) is 182 Å². The Labute approximate surface area is 338 Å². The van der Waals surface area contributed by atoms with E-state index in [0.717, 1.165) is 12.8 Å². The highest BCUT2D eigenvalue weighted by Gasteiger charge is 2.17. The molecule has 0 unspecified atom stereocenters. The Hall–Kier alpha value is -7.28. The van der Waals surface area contributed by atoms with E-state index in [4.69, 9.17) is 0 Å². The van der Waals surface area contributed by atoms with Gasteiger partial charge in [-0.3, -0.25) is 0 Å². The van der Waals surface area contributed by atoms with Crippen molar-refractivity contribution in [2.75, 3.05) is 0 Å². The van der Waals surface area contributed by atoms with Crippen molar-refractivity contribution in [3.05, 3.63) is 211 Å². The Balaban J connectivity index is 1.06. The van der Waals surface area contributed by atoms with Gasteiger partial charge in [0.05, 0.1) is 0 Å². The maximum Gasteiger partial charge on any atom is -0.00921 e. The fourth-order valence-electron chi connectivity index (χ4n) is 9.58. The van der Waals surface area contributed by atoms with Crippen LogP contribution in [-0.4, -0.2) is 0 Å². The number of aryl methyl sites for hydroxylation is 1. The van der Waals surface area contributed by atoms with Crippen molar-refractivity contribution in [2.24, 2.45) is 0 Å². The molecule has 0 aromatic heterocycles. The quantitative estimate of drug-likeness (QED) is 0.158. The molecule has 0 saturated carbocycles. The van der Waals surface area contributed by atoms with Crippen LogP contribution in [0.25, 0.3) is 115 Å². The van der Waals surface area contributed by atoms with Crippen LogP contribution in [0.3, 0.4) is 0 Å². The van der Waals surface area contributed by atoms with Gasteiger partial charge in [0.2, 0.25) is 0 Å². The molecule has 270 valence electrons. The summed E-state index contributed by atoms with van der Waals surface area (Å²) in [6.07, 6.45) is 6.83. The van der Waals surface area contributed by atoms with Crippen LogP contribution in [0, 0.1) is 0 Å². The second-order valence-electron chi connectivity index (χ2n) is 16.0. The lowest BCUT2D eigenvalue weighted by Gasteiger charge is -2.18. The van der Waals surface area contributed by atoms with E-state index in [1.807, 2.05) is 0 Å². The Morgan fingerprint density at radius 1 is 0.276 bits per heavy atom. The van der Waals surface area contributed by atoms with E-state index in [2.05, 4.69) is 206 Å². The zero-order valence-corrected chi connectivity index (χ0v) is 32.0. The summed E-state index contributed by atoms with van der Waals surface area (Å²) in [4.78, 5) is 0. The molecule has 1 aliphatic carbocycles. The van der Waals surface area contributed by atoms with Crippen LogP contribution >= 0.6 is 0 Å². The van der Waals surface area contributed by atoms with Gasteiger partial charge in [-0.15, -0.1) is 0 Å². The minimum atomic E-state index is 1.10. The molecule has 0 spiro atoms. The lowest BCUT2D eigenvalue weighted by molar-refractivity contribution is 0.986. The molecule has 0 amide bonds. The summed E-state index contributed by atoms with van der Waals surface area (Å²) in [7, 11) is 0. The number of hydrogen-bond donors (Lipinski definition) is 0. The third-order valence-electron chi connectivity index (χ3n) is 12.6. The first kappa shape index (κ1) is 32.9. The second kappa shape index (κ2) is 13.2. The van der Waals surface area contributed by atoms with Crippen LogP contribution in [0.15, 0.2) is 200 Å². The van der Waals surface area contributed by atoms with Crippen LogP contribution in [-0.2, 0) is 6.42 Å². The summed E-state index contributed by atoms with van der Waals surface area (Å²) in [5, 5.41) is 15.2. The van der Waals surface area contributed by atoms with Gasteiger partial charge in [0.1, 0.15) is 0 Å². The number of benzene rings is 11. The molecular formula is C58H38. The predicted molar refractivity (Wildman–Crippen MR) is 251 cm³/mol. The van der Waals surface area contributed by atoms with E-state index < -0.39 is 0 Å². The van der Waals surface area contributed by atoms with Gasteiger partial charge in [0.25, 0.3) is 0 Å². The monoisotopic (exact) mass is 734 g/mol. The highest BCUT2D eigenvalue weighted by molar-refractivity contribution is 6.24. The third-order valence-corrected chi connectivity index (χ3v) is 12.6. The molecule has 1 aliphatic rings. The summed E-state index contributed by atoms with van der Waals surface area (Å²) in [6, 6.07) is 72.9. The highest BCUT2D eigenvalue weighted by atomic mass is 14.2. The SMILES string of the molecule is C1=Cc2cc(-c3cc4c5ccccc5c(-c5ccc6ccccc6c5)cc4c4cc(-c5ccc6cc(-c7ccc8ccccc8c7)ccc6c5)ccc34)ccc2CC1. The number of rotatable bonds is 4. The lowest BCUT2D eigenvalue weighted by atomic mass is 9.85. The molecule has 11 aromatic rings. The average molecular weight is 735 g/mol. The van der Waals surface area contributed by atoms with Crippen LogP contribution < -0.4 is 0 Å². The van der Waals surface area contributed by atoms with Gasteiger partial charge in [-0.25, -0.2) is 0 Å². The molecule has 0 heteroatoms. The number of fused-ring (bicyclic) bond motifs is 9. The first-order chi connectivity index (χ1) is 28.7. The molecular weight excluding hydrogens is 697 g/mol. The topological polar surface area (TPSA) is 0 Å². The standard InChI is InChI=1S/C58H38/c1-4-12-40-29-43(20-17-37(40)9-1)44-21-22-46-31-47(24-23-45(46)30-44)48-27-28-53-55(50-26-19-39-11-3-6-14-42(39)33-50)35-57-52-16-8-7-15-51(52)54(36-58(57)56(53)34-48)49-25-18-38-10-2-5-13-41(38)32-49/h1-2,4-10,12-36H,3,11H2. The molecule has 0 heterocycles. The largest absolute Gasteiger partial charge is 0.0836 e. The molecule has 58 heavy (non-hydrogen) atoms. The van der Waals surface area contributed by atoms with Gasteiger partial charge in [0.15, 0.2) is 0 Å². The molecule has 0 fully saturated rings. The van der Waals surface area contributed by atoms with Crippen molar-refractivity contribution in [2.45, 2.75) is 12.8 Å². The normalized spacial score (nSPS) is 12.6. The number of hydrogen-bond acceptors (Lipinski definition) is 0. The first-order valence-electron chi connectivity index (χ1n) is 20.4. The van der Waals surface area contributed by atoms with E-state index in [-0.39, 0.29) is 0 Å². The van der Waals surface area contributed by atoms with Gasteiger partial charge in [-0.1, -0.05) is 158 Å². The maximum absolute atomic E-state index is 2.46. The predicted octanol–water partition coefficient (Wildman–Crippen LogP) is 16.2. The van der Waals surface area contributed by atoms with Crippen molar-refractivity contribution in [3.63, 3.8) is 0 Å². The summed E-state index contributed by atoms with van der Waals surface area (Å²) >= 11 is 0. The van der Waals surface area contributed by atoms with E-state index in [1.165, 1.54) is 120 Å². The van der Waals surface area contributed by atoms with E-state index in [1.54, 1.807) is 0 Å².